The van der Waals surface area contributed by atoms with Crippen LogP contribution in [0.15, 0.2) is 37.1 Å². The number of imidazole rings is 1. The van der Waals surface area contributed by atoms with Gasteiger partial charge in [-0.15, -0.1) is 0 Å². The molecule has 1 aliphatic rings. The Morgan fingerprint density at radius 1 is 1.26 bits per heavy atom. The first-order valence-corrected chi connectivity index (χ1v) is 8.47. The van der Waals surface area contributed by atoms with E-state index in [1.165, 1.54) is 17.1 Å². The van der Waals surface area contributed by atoms with Gasteiger partial charge in [0.05, 0.1) is 6.33 Å². The molecule has 7 nitrogen and oxygen atoms in total. The van der Waals surface area contributed by atoms with Gasteiger partial charge in [-0.25, -0.2) is 4.98 Å². The first kappa shape index (κ1) is 19.0. The summed E-state index contributed by atoms with van der Waals surface area (Å²) in [7, 11) is 1.76. The van der Waals surface area contributed by atoms with Gasteiger partial charge in [0.25, 0.3) is 5.91 Å². The van der Waals surface area contributed by atoms with Crippen molar-refractivity contribution in [2.75, 3.05) is 19.6 Å². The zero-order valence-corrected chi connectivity index (χ0v) is 14.7. The van der Waals surface area contributed by atoms with Crippen molar-refractivity contribution in [2.45, 2.75) is 24.6 Å². The van der Waals surface area contributed by atoms with Crippen LogP contribution < -0.4 is 5.32 Å². The molecule has 2 aromatic heterocycles. The van der Waals surface area contributed by atoms with Crippen LogP contribution >= 0.6 is 0 Å². The Balaban J connectivity index is 1.76. The molecule has 2 amide bonds. The number of nitrogens with one attached hydrogen (secondary N) is 1. The summed E-state index contributed by atoms with van der Waals surface area (Å²) in [5.41, 5.74) is -0.682. The Kier molecular flexibility index (Phi) is 4.99. The zero-order valence-electron chi connectivity index (χ0n) is 14.7. The molecule has 0 aromatic carbocycles. The van der Waals surface area contributed by atoms with Gasteiger partial charge in [0.1, 0.15) is 17.8 Å². The lowest BCUT2D eigenvalue weighted by atomic mass is 9.85. The van der Waals surface area contributed by atoms with Gasteiger partial charge in [-0.2, -0.15) is 13.2 Å². The number of hydrogen-bond acceptors (Lipinski definition) is 3. The van der Waals surface area contributed by atoms with E-state index >= 15 is 0 Å². The largest absolute Gasteiger partial charge is 0.405 e. The lowest BCUT2D eigenvalue weighted by molar-refractivity contribution is -0.145. The Hall–Kier alpha value is -2.78. The van der Waals surface area contributed by atoms with E-state index in [1.807, 2.05) is 5.32 Å². The number of nitrogens with zero attached hydrogens (tertiary/aromatic N) is 4. The molecule has 1 fully saturated rings. The number of piperidine rings is 1. The number of halogens is 3. The molecule has 27 heavy (non-hydrogen) atoms. The van der Waals surface area contributed by atoms with Gasteiger partial charge in [0, 0.05) is 38.7 Å². The molecule has 0 atom stereocenters. The van der Waals surface area contributed by atoms with Crippen LogP contribution in [0.4, 0.5) is 13.2 Å². The second kappa shape index (κ2) is 7.09. The summed E-state index contributed by atoms with van der Waals surface area (Å²) in [6.45, 7) is -0.891. The maximum Gasteiger partial charge on any atom is 0.405 e. The summed E-state index contributed by atoms with van der Waals surface area (Å²) in [5, 5.41) is 1.98. The summed E-state index contributed by atoms with van der Waals surface area (Å²) in [4.78, 5) is 30.8. The van der Waals surface area contributed by atoms with Crippen LogP contribution in [0.1, 0.15) is 23.3 Å². The van der Waals surface area contributed by atoms with Gasteiger partial charge < -0.3 is 19.4 Å². The fourth-order valence-corrected chi connectivity index (χ4v) is 3.38. The number of amides is 2. The quantitative estimate of drug-likeness (QED) is 0.871. The van der Waals surface area contributed by atoms with Crippen LogP contribution in [-0.4, -0.2) is 56.6 Å². The van der Waals surface area contributed by atoms with Crippen LogP contribution in [0, 0.1) is 0 Å². The van der Waals surface area contributed by atoms with Gasteiger partial charge in [-0.05, 0) is 25.0 Å². The molecule has 0 saturated carbocycles. The molecule has 3 rings (SSSR count). The van der Waals surface area contributed by atoms with E-state index in [0.717, 1.165) is 0 Å². The second-order valence-corrected chi connectivity index (χ2v) is 6.60. The number of carbonyl (C=O) groups excluding carboxylic acids is 2. The van der Waals surface area contributed by atoms with Crippen molar-refractivity contribution < 1.29 is 22.8 Å². The molecule has 3 heterocycles. The minimum Gasteiger partial charge on any atom is -0.347 e. The molecular weight excluding hydrogens is 363 g/mol. The fraction of sp³-hybridized carbons (Fsp3) is 0.471. The van der Waals surface area contributed by atoms with E-state index in [-0.39, 0.29) is 31.8 Å². The molecule has 0 spiro atoms. The summed E-state index contributed by atoms with van der Waals surface area (Å²) in [6, 6.07) is 3.47. The Bertz CT molecular complexity index is 805. The molecule has 2 aromatic rings. The van der Waals surface area contributed by atoms with Crippen LogP contribution in [0.2, 0.25) is 0 Å². The van der Waals surface area contributed by atoms with Gasteiger partial charge in [-0.3, -0.25) is 9.59 Å². The summed E-state index contributed by atoms with van der Waals surface area (Å²) < 4.78 is 40.8. The number of carbonyl (C=O) groups is 2. The highest BCUT2D eigenvalue weighted by molar-refractivity contribution is 5.93. The predicted molar refractivity (Wildman–Crippen MR) is 89.8 cm³/mol. The van der Waals surface area contributed by atoms with Crippen molar-refractivity contribution >= 4 is 11.8 Å². The number of likely N-dealkylation sites (tertiary alicyclic amines) is 1. The summed E-state index contributed by atoms with van der Waals surface area (Å²) in [6.07, 6.45) is 2.11. The number of aryl methyl sites for hydroxylation is 1. The smallest absolute Gasteiger partial charge is 0.347 e. The van der Waals surface area contributed by atoms with Crippen molar-refractivity contribution in [1.29, 1.82) is 0 Å². The molecule has 1 aliphatic heterocycles. The molecule has 146 valence electrons. The first-order chi connectivity index (χ1) is 12.7. The molecule has 10 heteroatoms. The van der Waals surface area contributed by atoms with E-state index in [9.17, 15) is 22.8 Å². The number of aromatic nitrogens is 3. The number of hydrogen-bond donors (Lipinski definition) is 1. The molecular formula is C17H20F3N5O2. The van der Waals surface area contributed by atoms with E-state index in [1.54, 1.807) is 41.0 Å². The first-order valence-electron chi connectivity index (χ1n) is 8.47. The van der Waals surface area contributed by atoms with Crippen molar-refractivity contribution in [3.05, 3.63) is 42.7 Å². The molecule has 1 N–H and O–H groups in total. The lowest BCUT2D eigenvalue weighted by Gasteiger charge is -2.41. The molecule has 0 bridgehead atoms. The number of rotatable bonds is 4. The zero-order chi connectivity index (χ0) is 19.7. The van der Waals surface area contributed by atoms with Gasteiger partial charge >= 0.3 is 6.18 Å². The monoisotopic (exact) mass is 383 g/mol. The molecule has 0 radical (unpaired) electrons. The maximum absolute atomic E-state index is 12.7. The van der Waals surface area contributed by atoms with Gasteiger partial charge in [-0.1, -0.05) is 0 Å². The third kappa shape index (κ3) is 3.83. The lowest BCUT2D eigenvalue weighted by Crippen LogP contribution is -2.56. The standard InChI is InChI=1S/C17H20F3N5O2/c1-23-7-2-3-13(23)14(26)24-8-4-16(5-9-24,25-10-6-21-12-25)15(27)22-11-17(18,19)20/h2-3,6-7,10,12H,4-5,8-9,11H2,1H3,(H,22,27). The fourth-order valence-electron chi connectivity index (χ4n) is 3.38. The third-order valence-corrected chi connectivity index (χ3v) is 4.91. The van der Waals surface area contributed by atoms with Crippen molar-refractivity contribution in [3.8, 4) is 0 Å². The maximum atomic E-state index is 12.7. The van der Waals surface area contributed by atoms with Crippen LogP contribution in [0.25, 0.3) is 0 Å². The molecule has 0 aliphatic carbocycles. The second-order valence-electron chi connectivity index (χ2n) is 6.60. The SMILES string of the molecule is Cn1cccc1C(=O)N1CCC(C(=O)NCC(F)(F)F)(n2ccnc2)CC1. The van der Waals surface area contributed by atoms with E-state index < -0.39 is 24.2 Å². The average Bonchev–Trinajstić information content (AvgIpc) is 3.30. The van der Waals surface area contributed by atoms with E-state index in [0.29, 0.717) is 5.69 Å². The van der Waals surface area contributed by atoms with Crippen molar-refractivity contribution in [3.63, 3.8) is 0 Å². The Morgan fingerprint density at radius 3 is 2.48 bits per heavy atom. The Labute approximate surface area is 153 Å². The minimum absolute atomic E-state index is 0.169. The van der Waals surface area contributed by atoms with Crippen LogP contribution in [0.5, 0.6) is 0 Å². The highest BCUT2D eigenvalue weighted by Gasteiger charge is 2.45. The molecule has 1 saturated heterocycles. The summed E-state index contributed by atoms with van der Waals surface area (Å²) in [5.74, 6) is -0.888. The van der Waals surface area contributed by atoms with Gasteiger partial charge in [0.2, 0.25) is 5.91 Å². The molecule has 0 unspecified atom stereocenters. The predicted octanol–water partition coefficient (Wildman–Crippen LogP) is 1.53. The minimum atomic E-state index is -4.49. The highest BCUT2D eigenvalue weighted by atomic mass is 19.4. The number of alkyl halides is 3. The average molecular weight is 383 g/mol. The van der Waals surface area contributed by atoms with E-state index in [2.05, 4.69) is 4.98 Å². The summed E-state index contributed by atoms with van der Waals surface area (Å²) >= 11 is 0. The van der Waals surface area contributed by atoms with Crippen molar-refractivity contribution in [2.24, 2.45) is 7.05 Å². The highest BCUT2D eigenvalue weighted by Crippen LogP contribution is 2.31. The van der Waals surface area contributed by atoms with Crippen LogP contribution in [0.3, 0.4) is 0 Å². The topological polar surface area (TPSA) is 72.2 Å². The normalized spacial score (nSPS) is 17.0. The van der Waals surface area contributed by atoms with Crippen molar-refractivity contribution in [1.82, 2.24) is 24.3 Å². The van der Waals surface area contributed by atoms with Gasteiger partial charge in [0.15, 0.2) is 0 Å². The Morgan fingerprint density at radius 2 is 1.96 bits per heavy atom. The van der Waals surface area contributed by atoms with Crippen LogP contribution in [-0.2, 0) is 17.4 Å². The van der Waals surface area contributed by atoms with E-state index in [4.69, 9.17) is 0 Å². The third-order valence-electron chi connectivity index (χ3n) is 4.91.